The van der Waals surface area contributed by atoms with Crippen molar-refractivity contribution in [3.8, 4) is 0 Å². The average molecular weight is 478 g/mol. The van der Waals surface area contributed by atoms with Gasteiger partial charge in [0.15, 0.2) is 0 Å². The predicted octanol–water partition coefficient (Wildman–Crippen LogP) is 2.50. The van der Waals surface area contributed by atoms with Gasteiger partial charge < -0.3 is 19.9 Å². The summed E-state index contributed by atoms with van der Waals surface area (Å²) >= 11 is 0. The van der Waals surface area contributed by atoms with Crippen molar-refractivity contribution >= 4 is 16.9 Å². The van der Waals surface area contributed by atoms with Crippen molar-refractivity contribution in [2.24, 2.45) is 0 Å². The zero-order valence-electron chi connectivity index (χ0n) is 20.4. The van der Waals surface area contributed by atoms with Crippen LogP contribution in [0.15, 0.2) is 53.7 Å². The minimum Gasteiger partial charge on any atom is -0.388 e. The van der Waals surface area contributed by atoms with Crippen LogP contribution in [0.1, 0.15) is 50.5 Å². The number of benzene rings is 1. The Hall–Kier alpha value is -2.97. The van der Waals surface area contributed by atoms with Gasteiger partial charge in [0.25, 0.3) is 5.56 Å². The van der Waals surface area contributed by atoms with E-state index in [0.29, 0.717) is 49.4 Å². The van der Waals surface area contributed by atoms with Gasteiger partial charge >= 0.3 is 0 Å². The molecule has 2 atom stereocenters. The molecule has 2 N–H and O–H groups in total. The van der Waals surface area contributed by atoms with Crippen LogP contribution in [0, 0.1) is 0 Å². The van der Waals surface area contributed by atoms with E-state index in [9.17, 15) is 14.7 Å². The molecule has 2 aromatic heterocycles. The van der Waals surface area contributed by atoms with E-state index in [1.807, 2.05) is 39.9 Å². The number of piperidine rings is 1. The average Bonchev–Trinajstić information content (AvgIpc) is 3.52. The maximum Gasteiger partial charge on any atom is 0.262 e. The first-order chi connectivity index (χ1) is 16.9. The molecule has 0 aliphatic carbocycles. The Balaban J connectivity index is 1.20. The number of aromatic nitrogens is 3. The van der Waals surface area contributed by atoms with E-state index in [0.717, 1.165) is 25.1 Å². The molecule has 0 bridgehead atoms. The van der Waals surface area contributed by atoms with Gasteiger partial charge in [0.05, 0.1) is 17.5 Å². The molecular formula is C27H35N5O3. The lowest BCUT2D eigenvalue weighted by molar-refractivity contribution is -0.136. The quantitative estimate of drug-likeness (QED) is 0.546. The number of nitrogens with zero attached hydrogens (tertiary/aromatic N) is 4. The second-order valence-corrected chi connectivity index (χ2v) is 10.3. The van der Waals surface area contributed by atoms with Crippen molar-refractivity contribution in [2.45, 2.75) is 69.7 Å². The molecule has 3 aromatic rings. The number of hydrogen-bond acceptors (Lipinski definition) is 5. The molecule has 1 aromatic carbocycles. The number of fused-ring (bicyclic) bond motifs is 1. The summed E-state index contributed by atoms with van der Waals surface area (Å²) in [4.78, 5) is 32.4. The van der Waals surface area contributed by atoms with Crippen molar-refractivity contribution < 1.29 is 9.90 Å². The van der Waals surface area contributed by atoms with Gasteiger partial charge in [-0.3, -0.25) is 14.2 Å². The van der Waals surface area contributed by atoms with Crippen molar-refractivity contribution in [3.63, 3.8) is 0 Å². The van der Waals surface area contributed by atoms with Gasteiger partial charge in [0, 0.05) is 38.3 Å². The summed E-state index contributed by atoms with van der Waals surface area (Å²) in [6.45, 7) is 5.08. The molecule has 5 rings (SSSR count). The molecule has 8 nitrogen and oxygen atoms in total. The molecule has 0 spiro atoms. The summed E-state index contributed by atoms with van der Waals surface area (Å²) in [6.07, 6.45) is 7.13. The second-order valence-electron chi connectivity index (χ2n) is 10.3. The first-order valence-electron chi connectivity index (χ1n) is 12.7. The number of carbonyl (C=O) groups excluding carboxylic acids is 1. The first kappa shape index (κ1) is 23.8. The molecule has 2 saturated heterocycles. The molecule has 186 valence electrons. The van der Waals surface area contributed by atoms with Crippen molar-refractivity contribution in [3.05, 3.63) is 64.8 Å². The van der Waals surface area contributed by atoms with Gasteiger partial charge in [-0.15, -0.1) is 0 Å². The summed E-state index contributed by atoms with van der Waals surface area (Å²) in [6, 6.07) is 12.3. The minimum atomic E-state index is -1.03. The van der Waals surface area contributed by atoms with E-state index in [-0.39, 0.29) is 23.9 Å². The van der Waals surface area contributed by atoms with E-state index in [4.69, 9.17) is 0 Å². The van der Waals surface area contributed by atoms with E-state index in [2.05, 4.69) is 29.4 Å². The maximum atomic E-state index is 13.1. The van der Waals surface area contributed by atoms with E-state index >= 15 is 0 Å². The third-order valence-corrected chi connectivity index (χ3v) is 7.69. The predicted molar refractivity (Wildman–Crippen MR) is 135 cm³/mol. The van der Waals surface area contributed by atoms with Gasteiger partial charge in [-0.2, -0.15) is 0 Å². The number of aliphatic hydroxyl groups is 1. The van der Waals surface area contributed by atoms with Gasteiger partial charge in [0.2, 0.25) is 5.91 Å². The molecule has 0 unspecified atom stereocenters. The lowest BCUT2D eigenvalue weighted by atomic mass is 9.90. The number of likely N-dealkylation sites (tertiary alicyclic amines) is 1. The van der Waals surface area contributed by atoms with E-state index in [1.54, 1.807) is 6.33 Å². The first-order valence-corrected chi connectivity index (χ1v) is 12.7. The zero-order valence-corrected chi connectivity index (χ0v) is 20.4. The Bertz CT molecular complexity index is 1220. The molecule has 8 heteroatoms. The van der Waals surface area contributed by atoms with Gasteiger partial charge in [0.1, 0.15) is 12.0 Å². The van der Waals surface area contributed by atoms with Crippen LogP contribution in [-0.4, -0.2) is 61.3 Å². The van der Waals surface area contributed by atoms with Crippen LogP contribution < -0.4 is 10.9 Å². The lowest BCUT2D eigenvalue weighted by Gasteiger charge is -2.38. The summed E-state index contributed by atoms with van der Waals surface area (Å²) in [5, 5.41) is 15.3. The lowest BCUT2D eigenvalue weighted by Crippen LogP contribution is -2.49. The normalized spacial score (nSPS) is 20.9. The van der Waals surface area contributed by atoms with Crippen molar-refractivity contribution in [2.75, 3.05) is 19.6 Å². The molecule has 2 aliphatic rings. The van der Waals surface area contributed by atoms with Crippen LogP contribution in [0.25, 0.3) is 11.0 Å². The van der Waals surface area contributed by atoms with Crippen LogP contribution in [0.4, 0.5) is 0 Å². The highest BCUT2D eigenvalue weighted by molar-refractivity contribution is 5.77. The Morgan fingerprint density at radius 1 is 1.20 bits per heavy atom. The summed E-state index contributed by atoms with van der Waals surface area (Å²) in [5.41, 5.74) is 0.693. The van der Waals surface area contributed by atoms with Crippen molar-refractivity contribution in [1.82, 2.24) is 24.3 Å². The smallest absolute Gasteiger partial charge is 0.262 e. The van der Waals surface area contributed by atoms with Gasteiger partial charge in [-0.1, -0.05) is 37.3 Å². The highest BCUT2D eigenvalue weighted by Gasteiger charge is 2.35. The molecule has 2 aliphatic heterocycles. The SMILES string of the molecule is C[C@H](CC(=O)N1CCC(O)(Cn2cnc3c(ccn3C[C@@H]3CCCN3)c2=O)CC1)c1ccccc1. The fraction of sp³-hybridized carbons (Fsp3) is 0.519. The Morgan fingerprint density at radius 3 is 2.69 bits per heavy atom. The maximum absolute atomic E-state index is 13.1. The highest BCUT2D eigenvalue weighted by atomic mass is 16.3. The minimum absolute atomic E-state index is 0.113. The summed E-state index contributed by atoms with van der Waals surface area (Å²) in [5.74, 6) is 0.263. The molecular weight excluding hydrogens is 442 g/mol. The fourth-order valence-electron chi connectivity index (χ4n) is 5.45. The van der Waals surface area contributed by atoms with Crippen molar-refractivity contribution in [1.29, 1.82) is 0 Å². The fourth-order valence-corrected chi connectivity index (χ4v) is 5.45. The standard InChI is InChI=1S/C27H35N5O3/c1-20(21-6-3-2-4-7-21)16-24(33)30-14-10-27(35,11-15-30)18-32-19-29-25-23(26(32)34)9-13-31(25)17-22-8-5-12-28-22/h2-4,6-7,9,13,19-20,22,28,35H,5,8,10-12,14-18H2,1H3/t20-,22+/m1/s1. The largest absolute Gasteiger partial charge is 0.388 e. The van der Waals surface area contributed by atoms with Crippen LogP contribution in [0.2, 0.25) is 0 Å². The molecule has 2 fully saturated rings. The third-order valence-electron chi connectivity index (χ3n) is 7.69. The second kappa shape index (κ2) is 9.95. The van der Waals surface area contributed by atoms with Crippen LogP contribution in [-0.2, 0) is 17.9 Å². The van der Waals surface area contributed by atoms with E-state index in [1.165, 1.54) is 11.0 Å². The van der Waals surface area contributed by atoms with Crippen LogP contribution in [0.3, 0.4) is 0 Å². The molecule has 35 heavy (non-hydrogen) atoms. The molecule has 0 saturated carbocycles. The third kappa shape index (κ3) is 5.18. The molecule has 0 radical (unpaired) electrons. The number of hydrogen-bond donors (Lipinski definition) is 2. The number of rotatable bonds is 7. The number of carbonyl (C=O) groups is 1. The van der Waals surface area contributed by atoms with Gasteiger partial charge in [-0.05, 0) is 49.8 Å². The Kier molecular flexibility index (Phi) is 6.75. The zero-order chi connectivity index (χ0) is 24.4. The van der Waals surface area contributed by atoms with E-state index < -0.39 is 5.60 Å². The number of amides is 1. The van der Waals surface area contributed by atoms with Gasteiger partial charge in [-0.25, -0.2) is 4.98 Å². The van der Waals surface area contributed by atoms with Crippen LogP contribution in [0.5, 0.6) is 0 Å². The Labute approximate surface area is 205 Å². The monoisotopic (exact) mass is 477 g/mol. The molecule has 4 heterocycles. The highest BCUT2D eigenvalue weighted by Crippen LogP contribution is 2.26. The molecule has 1 amide bonds. The number of nitrogens with one attached hydrogen (secondary N) is 1. The summed E-state index contributed by atoms with van der Waals surface area (Å²) < 4.78 is 3.56. The Morgan fingerprint density at radius 2 is 1.97 bits per heavy atom. The summed E-state index contributed by atoms with van der Waals surface area (Å²) in [7, 11) is 0. The van der Waals surface area contributed by atoms with Crippen LogP contribution >= 0.6 is 0 Å². The topological polar surface area (TPSA) is 92.4 Å².